The number of nitrogens with zero attached hydrogens (tertiary/aromatic N) is 2. The van der Waals surface area contributed by atoms with E-state index in [2.05, 4.69) is 15.3 Å². The molecule has 0 aliphatic rings. The Bertz CT molecular complexity index is 546. The summed E-state index contributed by atoms with van der Waals surface area (Å²) in [7, 11) is 0. The average molecular weight is 249 g/mol. The van der Waals surface area contributed by atoms with E-state index in [1.807, 2.05) is 13.8 Å². The number of aromatic carboxylic acids is 1. The number of carbonyl (C=O) groups is 1. The average Bonchev–Trinajstić information content (AvgIpc) is 2.58. The molecule has 88 valence electrons. The van der Waals surface area contributed by atoms with Crippen LogP contribution in [0.4, 0.5) is 10.8 Å². The first-order valence-corrected chi connectivity index (χ1v) is 5.78. The van der Waals surface area contributed by atoms with Crippen molar-refractivity contribution < 1.29 is 9.90 Å². The van der Waals surface area contributed by atoms with Gasteiger partial charge in [-0.2, -0.15) is 0 Å². The Morgan fingerprint density at radius 3 is 2.82 bits per heavy atom. The van der Waals surface area contributed by atoms with E-state index in [-0.39, 0.29) is 5.69 Å². The fraction of sp³-hybridized carbons (Fsp3) is 0.182. The minimum atomic E-state index is -1.04. The van der Waals surface area contributed by atoms with Gasteiger partial charge < -0.3 is 10.4 Å². The molecule has 0 saturated carbocycles. The number of carboxylic acid groups (broad SMARTS) is 1. The highest BCUT2D eigenvalue weighted by atomic mass is 32.1. The minimum Gasteiger partial charge on any atom is -0.477 e. The summed E-state index contributed by atoms with van der Waals surface area (Å²) in [5.74, 6) is -1.04. The first-order valence-electron chi connectivity index (χ1n) is 4.96. The van der Waals surface area contributed by atoms with Gasteiger partial charge in [0.25, 0.3) is 0 Å². The van der Waals surface area contributed by atoms with Gasteiger partial charge in [0.1, 0.15) is 5.69 Å². The standard InChI is InChI=1S/C11H11N3O2S/c1-6-7(2)17-11(13-6)14-8-3-4-12-9(5-8)10(15)16/h3-5H,1-2H3,(H,15,16)(H,12,13,14). The first kappa shape index (κ1) is 11.5. The summed E-state index contributed by atoms with van der Waals surface area (Å²) in [5.41, 5.74) is 1.66. The van der Waals surface area contributed by atoms with Crippen molar-refractivity contribution in [3.63, 3.8) is 0 Å². The second-order valence-corrected chi connectivity index (χ2v) is 4.72. The summed E-state index contributed by atoms with van der Waals surface area (Å²) in [5, 5.41) is 12.6. The number of nitrogens with one attached hydrogen (secondary N) is 1. The van der Waals surface area contributed by atoms with Crippen molar-refractivity contribution >= 4 is 28.1 Å². The molecule has 2 N–H and O–H groups in total. The minimum absolute atomic E-state index is 0.0139. The van der Waals surface area contributed by atoms with Gasteiger partial charge in [0.2, 0.25) is 0 Å². The van der Waals surface area contributed by atoms with Crippen molar-refractivity contribution in [3.05, 3.63) is 34.6 Å². The maximum Gasteiger partial charge on any atom is 0.354 e. The normalized spacial score (nSPS) is 10.2. The fourth-order valence-electron chi connectivity index (χ4n) is 1.27. The molecule has 0 radical (unpaired) electrons. The lowest BCUT2D eigenvalue weighted by atomic mass is 10.3. The monoisotopic (exact) mass is 249 g/mol. The van der Waals surface area contributed by atoms with Crippen molar-refractivity contribution in [2.24, 2.45) is 0 Å². The number of thiazole rings is 1. The second-order valence-electron chi connectivity index (χ2n) is 3.52. The summed E-state index contributed by atoms with van der Waals surface area (Å²) >= 11 is 1.53. The molecular weight excluding hydrogens is 238 g/mol. The second kappa shape index (κ2) is 4.50. The van der Waals surface area contributed by atoms with Gasteiger partial charge in [-0.05, 0) is 26.0 Å². The summed E-state index contributed by atoms with van der Waals surface area (Å²) in [4.78, 5) is 20.0. The van der Waals surface area contributed by atoms with Crippen LogP contribution in [0.2, 0.25) is 0 Å². The van der Waals surface area contributed by atoms with Gasteiger partial charge in [-0.3, -0.25) is 0 Å². The Morgan fingerprint density at radius 2 is 2.24 bits per heavy atom. The maximum atomic E-state index is 10.8. The smallest absolute Gasteiger partial charge is 0.354 e. The van der Waals surface area contributed by atoms with E-state index in [4.69, 9.17) is 5.11 Å². The molecule has 0 aromatic carbocycles. The zero-order valence-electron chi connectivity index (χ0n) is 9.39. The van der Waals surface area contributed by atoms with Crippen LogP contribution in [0.15, 0.2) is 18.3 Å². The fourth-order valence-corrected chi connectivity index (χ4v) is 2.11. The lowest BCUT2D eigenvalue weighted by Gasteiger charge is -2.02. The van der Waals surface area contributed by atoms with Gasteiger partial charge >= 0.3 is 5.97 Å². The van der Waals surface area contributed by atoms with Crippen LogP contribution < -0.4 is 5.32 Å². The molecule has 2 rings (SSSR count). The summed E-state index contributed by atoms with van der Waals surface area (Å²) in [6, 6.07) is 3.19. The van der Waals surface area contributed by atoms with E-state index in [0.29, 0.717) is 5.69 Å². The van der Waals surface area contributed by atoms with Crippen LogP contribution in [0.25, 0.3) is 0 Å². The Morgan fingerprint density at radius 1 is 1.47 bits per heavy atom. The number of aromatic nitrogens is 2. The van der Waals surface area contributed by atoms with E-state index in [9.17, 15) is 4.79 Å². The molecule has 0 fully saturated rings. The molecule has 0 atom stereocenters. The number of hydrogen-bond donors (Lipinski definition) is 2. The molecule has 5 nitrogen and oxygen atoms in total. The van der Waals surface area contributed by atoms with Crippen LogP contribution in [0, 0.1) is 13.8 Å². The van der Waals surface area contributed by atoms with Crippen molar-refractivity contribution in [3.8, 4) is 0 Å². The molecule has 17 heavy (non-hydrogen) atoms. The molecule has 2 aromatic heterocycles. The number of pyridine rings is 1. The quantitative estimate of drug-likeness (QED) is 0.874. The number of hydrogen-bond acceptors (Lipinski definition) is 5. The molecule has 2 aromatic rings. The van der Waals surface area contributed by atoms with Gasteiger partial charge in [0.05, 0.1) is 5.69 Å². The Labute approximate surface area is 102 Å². The van der Waals surface area contributed by atoms with E-state index in [0.717, 1.165) is 15.7 Å². The highest BCUT2D eigenvalue weighted by Gasteiger charge is 2.07. The molecule has 2 heterocycles. The predicted molar refractivity (Wildman–Crippen MR) is 66.1 cm³/mol. The lowest BCUT2D eigenvalue weighted by molar-refractivity contribution is 0.0690. The van der Waals surface area contributed by atoms with Gasteiger partial charge in [-0.15, -0.1) is 11.3 Å². The Balaban J connectivity index is 2.24. The zero-order chi connectivity index (χ0) is 12.4. The third kappa shape index (κ3) is 2.59. The molecule has 0 amide bonds. The SMILES string of the molecule is Cc1nc(Nc2ccnc(C(=O)O)c2)sc1C. The number of aryl methyl sites for hydroxylation is 2. The van der Waals surface area contributed by atoms with Gasteiger partial charge in [0.15, 0.2) is 5.13 Å². The van der Waals surface area contributed by atoms with Crippen molar-refractivity contribution in [1.29, 1.82) is 0 Å². The molecule has 0 aliphatic carbocycles. The molecule has 0 spiro atoms. The predicted octanol–water partition coefficient (Wildman–Crippen LogP) is 2.60. The van der Waals surface area contributed by atoms with Crippen LogP contribution in [-0.2, 0) is 0 Å². The van der Waals surface area contributed by atoms with Crippen LogP contribution in [0.3, 0.4) is 0 Å². The van der Waals surface area contributed by atoms with Crippen LogP contribution in [-0.4, -0.2) is 21.0 Å². The summed E-state index contributed by atoms with van der Waals surface area (Å²) in [6.07, 6.45) is 1.46. The van der Waals surface area contributed by atoms with E-state index < -0.39 is 5.97 Å². The molecule has 0 aliphatic heterocycles. The first-order chi connectivity index (χ1) is 8.06. The van der Waals surface area contributed by atoms with Crippen LogP contribution in [0.5, 0.6) is 0 Å². The number of rotatable bonds is 3. The largest absolute Gasteiger partial charge is 0.477 e. The number of carboxylic acids is 1. The maximum absolute atomic E-state index is 10.8. The van der Waals surface area contributed by atoms with E-state index >= 15 is 0 Å². The molecule has 0 bridgehead atoms. The Kier molecular flexibility index (Phi) is 3.06. The summed E-state index contributed by atoms with van der Waals surface area (Å²) < 4.78 is 0. The van der Waals surface area contributed by atoms with Gasteiger partial charge in [-0.1, -0.05) is 0 Å². The third-order valence-electron chi connectivity index (χ3n) is 2.26. The Hall–Kier alpha value is -1.95. The zero-order valence-corrected chi connectivity index (χ0v) is 10.2. The van der Waals surface area contributed by atoms with E-state index in [1.165, 1.54) is 23.6 Å². The van der Waals surface area contributed by atoms with Gasteiger partial charge in [-0.25, -0.2) is 14.8 Å². The van der Waals surface area contributed by atoms with Crippen molar-refractivity contribution in [1.82, 2.24) is 9.97 Å². The van der Waals surface area contributed by atoms with Crippen molar-refractivity contribution in [2.45, 2.75) is 13.8 Å². The molecular formula is C11H11N3O2S. The summed E-state index contributed by atoms with van der Waals surface area (Å²) in [6.45, 7) is 3.93. The third-order valence-corrected chi connectivity index (χ3v) is 3.25. The molecule has 6 heteroatoms. The van der Waals surface area contributed by atoms with Crippen LogP contribution >= 0.6 is 11.3 Å². The number of anilines is 2. The molecule has 0 unspecified atom stereocenters. The van der Waals surface area contributed by atoms with E-state index in [1.54, 1.807) is 6.07 Å². The lowest BCUT2D eigenvalue weighted by Crippen LogP contribution is -2.00. The van der Waals surface area contributed by atoms with Crippen LogP contribution in [0.1, 0.15) is 21.1 Å². The van der Waals surface area contributed by atoms with Crippen molar-refractivity contribution in [2.75, 3.05) is 5.32 Å². The topological polar surface area (TPSA) is 75.1 Å². The van der Waals surface area contributed by atoms with Gasteiger partial charge in [0, 0.05) is 16.8 Å². The molecule has 0 saturated heterocycles. The highest BCUT2D eigenvalue weighted by molar-refractivity contribution is 7.15. The highest BCUT2D eigenvalue weighted by Crippen LogP contribution is 2.24.